The van der Waals surface area contributed by atoms with Gasteiger partial charge >= 0.3 is 0 Å². The van der Waals surface area contributed by atoms with Gasteiger partial charge in [-0.2, -0.15) is 0 Å². The van der Waals surface area contributed by atoms with Crippen LogP contribution < -0.4 is 9.64 Å². The molecule has 0 atom stereocenters. The van der Waals surface area contributed by atoms with Gasteiger partial charge in [0.25, 0.3) is 0 Å². The van der Waals surface area contributed by atoms with Gasteiger partial charge in [0.2, 0.25) is 0 Å². The van der Waals surface area contributed by atoms with Crippen LogP contribution in [0.25, 0.3) is 0 Å². The monoisotopic (exact) mass is 394 g/mol. The second-order valence-electron chi connectivity index (χ2n) is 6.31. The van der Waals surface area contributed by atoms with Crippen molar-refractivity contribution in [1.82, 2.24) is 4.90 Å². The number of piperazine rings is 1. The van der Waals surface area contributed by atoms with Crippen LogP contribution in [0.4, 0.5) is 5.69 Å². The van der Waals surface area contributed by atoms with Gasteiger partial charge in [-0.05, 0) is 36.4 Å². The van der Waals surface area contributed by atoms with Gasteiger partial charge in [-0.15, -0.1) is 0 Å². The summed E-state index contributed by atoms with van der Waals surface area (Å²) in [4.78, 5) is 4.78. The van der Waals surface area contributed by atoms with Crippen LogP contribution in [0.1, 0.15) is 0 Å². The quantitative estimate of drug-likeness (QED) is 0.753. The fourth-order valence-electron chi connectivity index (χ4n) is 3.06. The van der Waals surface area contributed by atoms with Crippen LogP contribution in [0.3, 0.4) is 0 Å². The maximum Gasteiger partial charge on any atom is 0.179 e. The highest BCUT2D eigenvalue weighted by Crippen LogP contribution is 2.21. The van der Waals surface area contributed by atoms with Crippen LogP contribution >= 0.6 is 11.6 Å². The molecule has 0 spiro atoms. The van der Waals surface area contributed by atoms with E-state index in [1.165, 1.54) is 7.11 Å². The fourth-order valence-corrected chi connectivity index (χ4v) is 4.56. The maximum atomic E-state index is 12.6. The van der Waals surface area contributed by atoms with Crippen molar-refractivity contribution >= 4 is 27.1 Å². The van der Waals surface area contributed by atoms with Crippen molar-refractivity contribution in [3.05, 3.63) is 53.6 Å². The van der Waals surface area contributed by atoms with Crippen LogP contribution in [-0.2, 0) is 9.84 Å². The lowest BCUT2D eigenvalue weighted by Gasteiger charge is -2.36. The van der Waals surface area contributed by atoms with Crippen molar-refractivity contribution in [2.75, 3.05) is 50.5 Å². The van der Waals surface area contributed by atoms with E-state index in [-0.39, 0.29) is 5.75 Å². The molecular weight excluding hydrogens is 372 g/mol. The Balaban J connectivity index is 1.54. The van der Waals surface area contributed by atoms with E-state index in [0.29, 0.717) is 17.2 Å². The van der Waals surface area contributed by atoms with Gasteiger partial charge in [0.1, 0.15) is 5.75 Å². The average molecular weight is 395 g/mol. The van der Waals surface area contributed by atoms with Crippen molar-refractivity contribution in [3.63, 3.8) is 0 Å². The molecule has 0 N–H and O–H groups in total. The minimum absolute atomic E-state index is 0.108. The summed E-state index contributed by atoms with van der Waals surface area (Å²) in [5.74, 6) is 0.665. The first-order valence-electron chi connectivity index (χ1n) is 8.57. The third-order valence-corrected chi connectivity index (χ3v) is 6.55. The van der Waals surface area contributed by atoms with E-state index in [9.17, 15) is 8.42 Å². The van der Waals surface area contributed by atoms with Gasteiger partial charge in [-0.25, -0.2) is 8.42 Å². The Kier molecular flexibility index (Phi) is 6.06. The topological polar surface area (TPSA) is 49.9 Å². The summed E-state index contributed by atoms with van der Waals surface area (Å²) in [5.41, 5.74) is 1.11. The lowest BCUT2D eigenvalue weighted by atomic mass is 10.2. The molecule has 1 fully saturated rings. The number of nitrogens with zero attached hydrogens (tertiary/aromatic N) is 2. The highest BCUT2D eigenvalue weighted by molar-refractivity contribution is 7.91. The van der Waals surface area contributed by atoms with E-state index in [0.717, 1.165) is 36.9 Å². The molecule has 0 aliphatic carbocycles. The Morgan fingerprint density at radius 3 is 2.46 bits per heavy atom. The minimum atomic E-state index is -3.32. The zero-order valence-electron chi connectivity index (χ0n) is 14.8. The average Bonchev–Trinajstić information content (AvgIpc) is 2.67. The zero-order valence-corrected chi connectivity index (χ0v) is 16.3. The first-order chi connectivity index (χ1) is 12.5. The number of hydrogen-bond donors (Lipinski definition) is 0. The number of halogens is 1. The summed E-state index contributed by atoms with van der Waals surface area (Å²) in [5, 5.41) is 0.731. The standard InChI is InChI=1S/C19H23ClN2O3S/c1-25-18-6-3-7-19(15-18)26(23,24)13-12-21-8-10-22(11-9-21)17-5-2-4-16(20)14-17/h2-7,14-15H,8-13H2,1H3. The first kappa shape index (κ1) is 19.0. The van der Waals surface area contributed by atoms with Gasteiger partial charge in [0.05, 0.1) is 17.8 Å². The molecule has 5 nitrogen and oxygen atoms in total. The fraction of sp³-hybridized carbons (Fsp3) is 0.368. The Bertz CT molecular complexity index is 849. The molecule has 1 aliphatic heterocycles. The number of ether oxygens (including phenoxy) is 1. The SMILES string of the molecule is COc1cccc(S(=O)(=O)CCN2CCN(c3cccc(Cl)c3)CC2)c1. The minimum Gasteiger partial charge on any atom is -0.497 e. The molecule has 0 saturated carbocycles. The molecule has 1 heterocycles. The van der Waals surface area contributed by atoms with Crippen LogP contribution in [0.15, 0.2) is 53.4 Å². The summed E-state index contributed by atoms with van der Waals surface area (Å²) in [6.45, 7) is 3.92. The maximum absolute atomic E-state index is 12.6. The van der Waals surface area contributed by atoms with Gasteiger partial charge in [-0.1, -0.05) is 23.7 Å². The van der Waals surface area contributed by atoms with Crippen molar-refractivity contribution in [3.8, 4) is 5.75 Å². The number of anilines is 1. The van der Waals surface area contributed by atoms with Crippen LogP contribution in [0.2, 0.25) is 5.02 Å². The summed E-state index contributed by atoms with van der Waals surface area (Å²) < 4.78 is 30.2. The molecule has 140 valence electrons. The van der Waals surface area contributed by atoms with Crippen molar-refractivity contribution in [1.29, 1.82) is 0 Å². The second-order valence-corrected chi connectivity index (χ2v) is 8.85. The highest BCUT2D eigenvalue weighted by Gasteiger charge is 2.21. The van der Waals surface area contributed by atoms with Gasteiger partial charge < -0.3 is 9.64 Å². The van der Waals surface area contributed by atoms with Crippen molar-refractivity contribution in [2.24, 2.45) is 0 Å². The lowest BCUT2D eigenvalue weighted by molar-refractivity contribution is 0.272. The van der Waals surface area contributed by atoms with Gasteiger partial charge in [0, 0.05) is 43.4 Å². The van der Waals surface area contributed by atoms with Crippen LogP contribution in [0, 0.1) is 0 Å². The van der Waals surface area contributed by atoms with E-state index in [2.05, 4.69) is 15.9 Å². The molecule has 2 aromatic carbocycles. The van der Waals surface area contributed by atoms with E-state index in [4.69, 9.17) is 16.3 Å². The zero-order chi connectivity index (χ0) is 18.6. The molecule has 0 unspecified atom stereocenters. The highest BCUT2D eigenvalue weighted by atomic mass is 35.5. The molecular formula is C19H23ClN2O3S. The molecule has 0 radical (unpaired) electrons. The van der Waals surface area contributed by atoms with Crippen LogP contribution in [0.5, 0.6) is 5.75 Å². The number of methoxy groups -OCH3 is 1. The first-order valence-corrected chi connectivity index (χ1v) is 10.6. The molecule has 26 heavy (non-hydrogen) atoms. The molecule has 2 aromatic rings. The predicted octanol–water partition coefficient (Wildman–Crippen LogP) is 2.94. The van der Waals surface area contributed by atoms with E-state index >= 15 is 0 Å². The predicted molar refractivity (Wildman–Crippen MR) is 105 cm³/mol. The summed E-state index contributed by atoms with van der Waals surface area (Å²) >= 11 is 6.06. The summed E-state index contributed by atoms with van der Waals surface area (Å²) in [7, 11) is -1.78. The summed E-state index contributed by atoms with van der Waals surface area (Å²) in [6.07, 6.45) is 0. The molecule has 1 aliphatic rings. The lowest BCUT2D eigenvalue weighted by Crippen LogP contribution is -2.47. The molecule has 3 rings (SSSR count). The van der Waals surface area contributed by atoms with E-state index in [1.807, 2.05) is 18.2 Å². The van der Waals surface area contributed by atoms with E-state index < -0.39 is 9.84 Å². The van der Waals surface area contributed by atoms with E-state index in [1.54, 1.807) is 24.3 Å². The number of sulfone groups is 1. The number of benzene rings is 2. The number of hydrogen-bond acceptors (Lipinski definition) is 5. The normalized spacial score (nSPS) is 15.8. The van der Waals surface area contributed by atoms with Crippen LogP contribution in [-0.4, -0.2) is 58.9 Å². The Labute approximate surface area is 160 Å². The van der Waals surface area contributed by atoms with Crippen molar-refractivity contribution in [2.45, 2.75) is 4.90 Å². The summed E-state index contributed by atoms with van der Waals surface area (Å²) in [6, 6.07) is 14.5. The Morgan fingerprint density at radius 2 is 1.77 bits per heavy atom. The largest absolute Gasteiger partial charge is 0.497 e. The molecule has 0 aromatic heterocycles. The Morgan fingerprint density at radius 1 is 1.04 bits per heavy atom. The van der Waals surface area contributed by atoms with Gasteiger partial charge in [0.15, 0.2) is 9.84 Å². The third kappa shape index (κ3) is 4.69. The van der Waals surface area contributed by atoms with Crippen molar-refractivity contribution < 1.29 is 13.2 Å². The smallest absolute Gasteiger partial charge is 0.179 e. The molecule has 0 bridgehead atoms. The Hall–Kier alpha value is -1.76. The second kappa shape index (κ2) is 8.29. The molecule has 0 amide bonds. The molecule has 1 saturated heterocycles. The third-order valence-electron chi connectivity index (χ3n) is 4.62. The number of rotatable bonds is 6. The molecule has 7 heteroatoms. The van der Waals surface area contributed by atoms with Gasteiger partial charge in [-0.3, -0.25) is 4.90 Å².